The van der Waals surface area contributed by atoms with Crippen LogP contribution < -0.4 is 4.74 Å². The minimum atomic E-state index is -0.112. The number of aromatic nitrogens is 3. The number of benzene rings is 2. The minimum absolute atomic E-state index is 0.0377. The summed E-state index contributed by atoms with van der Waals surface area (Å²) >= 11 is 0. The van der Waals surface area contributed by atoms with Crippen molar-refractivity contribution in [2.24, 2.45) is 0 Å². The molecule has 0 saturated carbocycles. The largest absolute Gasteiger partial charge is 0.484 e. The number of nitrogens with one attached hydrogen (secondary N) is 1. The number of carbonyl (C=O) groups is 1. The molecule has 2 aromatic heterocycles. The fraction of sp³-hybridized carbons (Fsp3) is 0.125. The molecule has 1 amide bonds. The smallest absolute Gasteiger partial charge is 0.261 e. The van der Waals surface area contributed by atoms with Crippen LogP contribution in [0, 0.1) is 0 Å². The summed E-state index contributed by atoms with van der Waals surface area (Å²) in [6.45, 7) is 0.792. The third-order valence-electron chi connectivity index (χ3n) is 4.59. The van der Waals surface area contributed by atoms with Gasteiger partial charge in [0.2, 0.25) is 0 Å². The summed E-state index contributed by atoms with van der Waals surface area (Å²) in [7, 11) is 0. The number of hydrogen-bond donors (Lipinski definition) is 1. The first kappa shape index (κ1) is 19.4. The van der Waals surface area contributed by atoms with Crippen LogP contribution in [-0.2, 0) is 17.9 Å². The number of rotatable bonds is 8. The molecule has 0 atom stereocenters. The molecule has 0 spiro atoms. The first-order valence-corrected chi connectivity index (χ1v) is 9.72. The number of amides is 1. The van der Waals surface area contributed by atoms with Crippen LogP contribution in [-0.4, -0.2) is 32.4 Å². The molecule has 2 heterocycles. The molecule has 0 fully saturated rings. The maximum atomic E-state index is 12.9. The van der Waals surface area contributed by atoms with Crippen LogP contribution in [0.25, 0.3) is 11.4 Å². The van der Waals surface area contributed by atoms with Gasteiger partial charge in [0.25, 0.3) is 5.91 Å². The van der Waals surface area contributed by atoms with Crippen LogP contribution in [0.5, 0.6) is 5.75 Å². The van der Waals surface area contributed by atoms with Gasteiger partial charge in [-0.2, -0.15) is 0 Å². The quantitative estimate of drug-likeness (QED) is 0.485. The van der Waals surface area contributed by atoms with Gasteiger partial charge >= 0.3 is 0 Å². The maximum Gasteiger partial charge on any atom is 0.261 e. The van der Waals surface area contributed by atoms with E-state index in [1.807, 2.05) is 72.8 Å². The number of pyridine rings is 1. The number of H-pyrrole nitrogens is 1. The zero-order valence-electron chi connectivity index (χ0n) is 16.4. The summed E-state index contributed by atoms with van der Waals surface area (Å²) in [6, 6.07) is 23.0. The van der Waals surface area contributed by atoms with Crippen molar-refractivity contribution in [1.82, 2.24) is 19.9 Å². The van der Waals surface area contributed by atoms with Crippen molar-refractivity contribution in [3.05, 3.63) is 103 Å². The number of carbonyl (C=O) groups excluding carboxylic acids is 1. The van der Waals surface area contributed by atoms with Gasteiger partial charge in [-0.3, -0.25) is 9.78 Å². The zero-order valence-corrected chi connectivity index (χ0v) is 16.4. The van der Waals surface area contributed by atoms with E-state index >= 15 is 0 Å². The van der Waals surface area contributed by atoms with Gasteiger partial charge in [-0.1, -0.05) is 54.6 Å². The number of imidazole rings is 1. The third kappa shape index (κ3) is 5.11. The number of aromatic amines is 1. The Kier molecular flexibility index (Phi) is 6.15. The van der Waals surface area contributed by atoms with E-state index in [2.05, 4.69) is 15.0 Å². The third-order valence-corrected chi connectivity index (χ3v) is 4.59. The molecule has 0 aliphatic heterocycles. The lowest BCUT2D eigenvalue weighted by Gasteiger charge is -2.22. The Morgan fingerprint density at radius 2 is 1.67 bits per heavy atom. The van der Waals surface area contributed by atoms with Crippen LogP contribution in [0.4, 0.5) is 0 Å². The van der Waals surface area contributed by atoms with Crippen molar-refractivity contribution < 1.29 is 9.53 Å². The van der Waals surface area contributed by atoms with E-state index in [9.17, 15) is 4.79 Å². The molecule has 0 radical (unpaired) electrons. The molecule has 2 aromatic carbocycles. The lowest BCUT2D eigenvalue weighted by molar-refractivity contribution is -0.134. The maximum absolute atomic E-state index is 12.9. The molecular weight excluding hydrogens is 376 g/mol. The first-order valence-electron chi connectivity index (χ1n) is 9.72. The first-order chi connectivity index (χ1) is 14.8. The van der Waals surface area contributed by atoms with Gasteiger partial charge in [-0.15, -0.1) is 0 Å². The Hall–Kier alpha value is -3.93. The summed E-state index contributed by atoms with van der Waals surface area (Å²) in [6.07, 6.45) is 5.25. The number of ether oxygens (including phenoxy) is 1. The van der Waals surface area contributed by atoms with Gasteiger partial charge in [-0.05, 0) is 23.8 Å². The fourth-order valence-corrected chi connectivity index (χ4v) is 3.09. The van der Waals surface area contributed by atoms with Crippen molar-refractivity contribution in [3.8, 4) is 17.1 Å². The molecule has 0 unspecified atom stereocenters. The highest BCUT2D eigenvalue weighted by Gasteiger charge is 2.17. The van der Waals surface area contributed by atoms with Crippen molar-refractivity contribution >= 4 is 5.91 Å². The van der Waals surface area contributed by atoms with Crippen LogP contribution in [0.2, 0.25) is 0 Å². The Morgan fingerprint density at radius 1 is 0.900 bits per heavy atom. The van der Waals surface area contributed by atoms with E-state index in [1.54, 1.807) is 23.5 Å². The Morgan fingerprint density at radius 3 is 2.40 bits per heavy atom. The molecule has 0 bridgehead atoms. The summed E-state index contributed by atoms with van der Waals surface area (Å²) < 4.78 is 5.67. The van der Waals surface area contributed by atoms with E-state index < -0.39 is 0 Å². The highest BCUT2D eigenvalue weighted by molar-refractivity contribution is 5.77. The second-order valence-electron chi connectivity index (χ2n) is 6.84. The number of hydrogen-bond acceptors (Lipinski definition) is 4. The highest BCUT2D eigenvalue weighted by Crippen LogP contribution is 2.17. The SMILES string of the molecule is O=C(COc1ccccc1)N(Cc1cccnc1)Cc1cnc(-c2ccccc2)[nH]1. The second kappa shape index (κ2) is 9.52. The van der Waals surface area contributed by atoms with E-state index in [4.69, 9.17) is 4.74 Å². The molecule has 0 saturated heterocycles. The van der Waals surface area contributed by atoms with Crippen LogP contribution >= 0.6 is 0 Å². The molecule has 150 valence electrons. The Bertz CT molecular complexity index is 1070. The lowest BCUT2D eigenvalue weighted by Crippen LogP contribution is -2.34. The number of nitrogens with zero attached hydrogens (tertiary/aromatic N) is 3. The van der Waals surface area contributed by atoms with Crippen molar-refractivity contribution in [1.29, 1.82) is 0 Å². The summed E-state index contributed by atoms with van der Waals surface area (Å²) in [5.41, 5.74) is 2.81. The van der Waals surface area contributed by atoms with Gasteiger partial charge in [-0.25, -0.2) is 4.98 Å². The van der Waals surface area contributed by atoms with Crippen molar-refractivity contribution in [2.75, 3.05) is 6.61 Å². The van der Waals surface area contributed by atoms with Crippen molar-refractivity contribution in [2.45, 2.75) is 13.1 Å². The lowest BCUT2D eigenvalue weighted by atomic mass is 10.2. The normalized spacial score (nSPS) is 10.5. The molecular formula is C24H22N4O2. The van der Waals surface area contributed by atoms with E-state index in [0.717, 1.165) is 22.6 Å². The molecule has 30 heavy (non-hydrogen) atoms. The van der Waals surface area contributed by atoms with Gasteiger partial charge < -0.3 is 14.6 Å². The average Bonchev–Trinajstić information content (AvgIpc) is 3.28. The Labute approximate surface area is 175 Å². The molecule has 0 aliphatic carbocycles. The van der Waals surface area contributed by atoms with Gasteiger partial charge in [0, 0.05) is 24.5 Å². The average molecular weight is 398 g/mol. The van der Waals surface area contributed by atoms with Crippen LogP contribution in [0.3, 0.4) is 0 Å². The summed E-state index contributed by atoms with van der Waals surface area (Å²) in [5.74, 6) is 1.33. The number of para-hydroxylation sites is 1. The van der Waals surface area contributed by atoms with Crippen LogP contribution in [0.1, 0.15) is 11.3 Å². The summed E-state index contributed by atoms with van der Waals surface area (Å²) in [5, 5.41) is 0. The molecule has 6 heteroatoms. The van der Waals surface area contributed by atoms with Crippen molar-refractivity contribution in [3.63, 3.8) is 0 Å². The van der Waals surface area contributed by atoms with Gasteiger partial charge in [0.1, 0.15) is 11.6 Å². The molecule has 4 rings (SSSR count). The standard InChI is InChI=1S/C24H22N4O2/c29-23(18-30-22-11-5-2-6-12-22)28(16-19-8-7-13-25-14-19)17-21-15-26-24(27-21)20-9-3-1-4-10-20/h1-15H,16-18H2,(H,26,27). The van der Waals surface area contributed by atoms with E-state index in [-0.39, 0.29) is 12.5 Å². The van der Waals surface area contributed by atoms with E-state index in [1.165, 1.54) is 0 Å². The minimum Gasteiger partial charge on any atom is -0.484 e. The predicted molar refractivity (Wildman–Crippen MR) is 114 cm³/mol. The molecule has 0 aliphatic rings. The molecule has 6 nitrogen and oxygen atoms in total. The molecule has 1 N–H and O–H groups in total. The molecule has 4 aromatic rings. The Balaban J connectivity index is 1.48. The van der Waals surface area contributed by atoms with Gasteiger partial charge in [0.15, 0.2) is 6.61 Å². The fourth-order valence-electron chi connectivity index (χ4n) is 3.09. The highest BCUT2D eigenvalue weighted by atomic mass is 16.5. The van der Waals surface area contributed by atoms with Crippen LogP contribution in [0.15, 0.2) is 91.4 Å². The van der Waals surface area contributed by atoms with Gasteiger partial charge in [0.05, 0.1) is 18.4 Å². The second-order valence-corrected chi connectivity index (χ2v) is 6.84. The van der Waals surface area contributed by atoms with E-state index in [0.29, 0.717) is 18.8 Å². The monoisotopic (exact) mass is 398 g/mol. The summed E-state index contributed by atoms with van der Waals surface area (Å²) in [4.78, 5) is 26.6. The zero-order chi connectivity index (χ0) is 20.6. The predicted octanol–water partition coefficient (Wildman–Crippen LogP) is 4.08. The topological polar surface area (TPSA) is 71.1 Å².